The van der Waals surface area contributed by atoms with Gasteiger partial charge in [0.25, 0.3) is 5.91 Å². The Morgan fingerprint density at radius 3 is 2.78 bits per heavy atom. The van der Waals surface area contributed by atoms with Gasteiger partial charge in [0, 0.05) is 19.6 Å². The third-order valence-electron chi connectivity index (χ3n) is 3.98. The molecule has 1 unspecified atom stereocenters. The van der Waals surface area contributed by atoms with Gasteiger partial charge in [-0.2, -0.15) is 0 Å². The Kier molecular flexibility index (Phi) is 5.50. The highest BCUT2D eigenvalue weighted by atomic mass is 16.2. The zero-order chi connectivity index (χ0) is 17.0. The van der Waals surface area contributed by atoms with Crippen molar-refractivity contribution in [2.45, 2.75) is 33.2 Å². The number of carbonyl (C=O) groups excluding carboxylic acids is 1. The van der Waals surface area contributed by atoms with Crippen LogP contribution in [0.25, 0.3) is 5.69 Å². The smallest absolute Gasteiger partial charge is 0.275 e. The first kappa shape index (κ1) is 17.1. The normalized spacial score (nSPS) is 12.4. The number of benzene rings is 1. The number of amides is 1. The van der Waals surface area contributed by atoms with Crippen LogP contribution < -0.4 is 5.73 Å². The van der Waals surface area contributed by atoms with Crippen molar-refractivity contribution in [3.05, 3.63) is 41.7 Å². The summed E-state index contributed by atoms with van der Waals surface area (Å²) < 4.78 is 1.62. The fourth-order valence-corrected chi connectivity index (χ4v) is 2.23. The third-order valence-corrected chi connectivity index (χ3v) is 3.98. The number of nitrogens with zero attached hydrogens (tertiary/aromatic N) is 4. The predicted octanol–water partition coefficient (Wildman–Crippen LogP) is 2.02. The Labute approximate surface area is 137 Å². The quantitative estimate of drug-likeness (QED) is 0.884. The van der Waals surface area contributed by atoms with Crippen LogP contribution in [0.1, 0.15) is 36.3 Å². The van der Waals surface area contributed by atoms with Crippen molar-refractivity contribution >= 4 is 5.91 Å². The second-order valence-electron chi connectivity index (χ2n) is 6.31. The summed E-state index contributed by atoms with van der Waals surface area (Å²) in [6.45, 7) is 6.79. The SMILES string of the molecule is Cc1cccc(-n2cc(C(=O)N(C)CCC(N)C(C)C)nn2)c1. The summed E-state index contributed by atoms with van der Waals surface area (Å²) in [6.07, 6.45) is 2.43. The molecule has 0 saturated heterocycles. The summed E-state index contributed by atoms with van der Waals surface area (Å²) in [5, 5.41) is 8.04. The molecule has 2 aromatic rings. The molecule has 23 heavy (non-hydrogen) atoms. The number of nitrogens with two attached hydrogens (primary N) is 1. The van der Waals surface area contributed by atoms with Crippen LogP contribution in [-0.4, -0.2) is 45.4 Å². The van der Waals surface area contributed by atoms with Crippen molar-refractivity contribution in [1.29, 1.82) is 0 Å². The number of hydrogen-bond acceptors (Lipinski definition) is 4. The van der Waals surface area contributed by atoms with E-state index >= 15 is 0 Å². The molecule has 0 aliphatic heterocycles. The van der Waals surface area contributed by atoms with E-state index in [1.807, 2.05) is 31.2 Å². The minimum atomic E-state index is -0.139. The van der Waals surface area contributed by atoms with E-state index in [9.17, 15) is 4.79 Å². The molecule has 1 heterocycles. The lowest BCUT2D eigenvalue weighted by molar-refractivity contribution is 0.0783. The molecule has 2 N–H and O–H groups in total. The van der Waals surface area contributed by atoms with Crippen LogP contribution in [0.4, 0.5) is 0 Å². The molecule has 2 rings (SSSR count). The molecule has 0 radical (unpaired) electrons. The van der Waals surface area contributed by atoms with Crippen LogP contribution in [0.15, 0.2) is 30.5 Å². The first-order valence-electron chi connectivity index (χ1n) is 7.89. The number of aryl methyl sites for hydroxylation is 1. The van der Waals surface area contributed by atoms with E-state index < -0.39 is 0 Å². The minimum absolute atomic E-state index is 0.0910. The number of carbonyl (C=O) groups is 1. The molecular formula is C17H25N5O. The van der Waals surface area contributed by atoms with Gasteiger partial charge in [-0.3, -0.25) is 4.79 Å². The first-order chi connectivity index (χ1) is 10.9. The van der Waals surface area contributed by atoms with Gasteiger partial charge in [-0.05, 0) is 37.0 Å². The van der Waals surface area contributed by atoms with Crippen molar-refractivity contribution in [2.75, 3.05) is 13.6 Å². The van der Waals surface area contributed by atoms with Gasteiger partial charge in [0.2, 0.25) is 0 Å². The summed E-state index contributed by atoms with van der Waals surface area (Å²) in [5.41, 5.74) is 8.39. The maximum atomic E-state index is 12.4. The average Bonchev–Trinajstić information content (AvgIpc) is 3.01. The Morgan fingerprint density at radius 2 is 2.13 bits per heavy atom. The van der Waals surface area contributed by atoms with Gasteiger partial charge in [-0.1, -0.05) is 31.2 Å². The maximum Gasteiger partial charge on any atom is 0.275 e. The molecule has 0 fully saturated rings. The summed E-state index contributed by atoms with van der Waals surface area (Å²) in [4.78, 5) is 14.1. The third kappa shape index (κ3) is 4.39. The molecule has 0 bridgehead atoms. The lowest BCUT2D eigenvalue weighted by Crippen LogP contribution is -2.34. The summed E-state index contributed by atoms with van der Waals surface area (Å²) >= 11 is 0. The number of aromatic nitrogens is 3. The van der Waals surface area contributed by atoms with Gasteiger partial charge >= 0.3 is 0 Å². The lowest BCUT2D eigenvalue weighted by Gasteiger charge is -2.20. The van der Waals surface area contributed by atoms with Gasteiger partial charge in [-0.25, -0.2) is 4.68 Å². The Balaban J connectivity index is 2.03. The molecule has 1 aromatic carbocycles. The molecule has 0 saturated carbocycles. The Hall–Kier alpha value is -2.21. The van der Waals surface area contributed by atoms with Crippen LogP contribution in [0.2, 0.25) is 0 Å². The highest BCUT2D eigenvalue weighted by Crippen LogP contribution is 2.10. The van der Waals surface area contributed by atoms with Crippen LogP contribution in [0.5, 0.6) is 0 Å². The highest BCUT2D eigenvalue weighted by Gasteiger charge is 2.17. The Morgan fingerprint density at radius 1 is 1.39 bits per heavy atom. The number of rotatable bonds is 6. The summed E-state index contributed by atoms with van der Waals surface area (Å²) in [6, 6.07) is 7.98. The molecule has 1 amide bonds. The maximum absolute atomic E-state index is 12.4. The second-order valence-corrected chi connectivity index (χ2v) is 6.31. The van der Waals surface area contributed by atoms with Crippen LogP contribution in [0, 0.1) is 12.8 Å². The monoisotopic (exact) mass is 315 g/mol. The van der Waals surface area contributed by atoms with Crippen molar-refractivity contribution in [2.24, 2.45) is 11.7 Å². The van der Waals surface area contributed by atoms with Gasteiger partial charge in [-0.15, -0.1) is 5.10 Å². The minimum Gasteiger partial charge on any atom is -0.340 e. The van der Waals surface area contributed by atoms with Crippen molar-refractivity contribution in [1.82, 2.24) is 19.9 Å². The molecule has 0 aliphatic carbocycles. The second kappa shape index (κ2) is 7.37. The van der Waals surface area contributed by atoms with E-state index in [0.717, 1.165) is 17.7 Å². The van der Waals surface area contributed by atoms with E-state index in [2.05, 4.69) is 24.2 Å². The lowest BCUT2D eigenvalue weighted by atomic mass is 10.0. The zero-order valence-electron chi connectivity index (χ0n) is 14.2. The average molecular weight is 315 g/mol. The fraction of sp³-hybridized carbons (Fsp3) is 0.471. The molecule has 1 aromatic heterocycles. The molecular weight excluding hydrogens is 290 g/mol. The zero-order valence-corrected chi connectivity index (χ0v) is 14.2. The van der Waals surface area contributed by atoms with E-state index in [-0.39, 0.29) is 11.9 Å². The van der Waals surface area contributed by atoms with Crippen molar-refractivity contribution in [3.8, 4) is 5.69 Å². The molecule has 0 aliphatic rings. The van der Waals surface area contributed by atoms with Gasteiger partial charge < -0.3 is 10.6 Å². The summed E-state index contributed by atoms with van der Waals surface area (Å²) in [7, 11) is 1.76. The summed E-state index contributed by atoms with van der Waals surface area (Å²) in [5.74, 6) is 0.264. The topological polar surface area (TPSA) is 77.0 Å². The van der Waals surface area contributed by atoms with Gasteiger partial charge in [0.05, 0.1) is 11.9 Å². The van der Waals surface area contributed by atoms with Gasteiger partial charge in [0.1, 0.15) is 0 Å². The van der Waals surface area contributed by atoms with Crippen LogP contribution >= 0.6 is 0 Å². The molecule has 1 atom stereocenters. The fourth-order valence-electron chi connectivity index (χ4n) is 2.23. The largest absolute Gasteiger partial charge is 0.340 e. The Bertz CT molecular complexity index is 665. The molecule has 6 nitrogen and oxygen atoms in total. The van der Waals surface area contributed by atoms with Crippen molar-refractivity contribution < 1.29 is 4.79 Å². The van der Waals surface area contributed by atoms with E-state index in [1.165, 1.54) is 0 Å². The van der Waals surface area contributed by atoms with E-state index in [1.54, 1.807) is 22.8 Å². The molecule has 6 heteroatoms. The van der Waals surface area contributed by atoms with Crippen LogP contribution in [0.3, 0.4) is 0 Å². The highest BCUT2D eigenvalue weighted by molar-refractivity contribution is 5.91. The molecule has 0 spiro atoms. The van der Waals surface area contributed by atoms with Crippen LogP contribution in [-0.2, 0) is 0 Å². The first-order valence-corrected chi connectivity index (χ1v) is 7.89. The van der Waals surface area contributed by atoms with E-state index in [4.69, 9.17) is 5.73 Å². The standard InChI is InChI=1S/C17H25N5O/c1-12(2)15(18)8-9-21(4)17(23)16-11-22(20-19-16)14-7-5-6-13(3)10-14/h5-7,10-12,15H,8-9,18H2,1-4H3. The van der Waals surface area contributed by atoms with Gasteiger partial charge in [0.15, 0.2) is 5.69 Å². The number of hydrogen-bond donors (Lipinski definition) is 1. The van der Waals surface area contributed by atoms with E-state index in [0.29, 0.717) is 18.2 Å². The van der Waals surface area contributed by atoms with Crippen molar-refractivity contribution in [3.63, 3.8) is 0 Å². The molecule has 124 valence electrons. The predicted molar refractivity (Wildman–Crippen MR) is 90.5 cm³/mol.